The highest BCUT2D eigenvalue weighted by Crippen LogP contribution is 2.25. The van der Waals surface area contributed by atoms with Gasteiger partial charge in [-0.15, -0.1) is 0 Å². The Morgan fingerprint density at radius 1 is 1.04 bits per heavy atom. The molecule has 0 aliphatic carbocycles. The van der Waals surface area contributed by atoms with E-state index in [-0.39, 0.29) is 6.04 Å². The number of aliphatic imine (C=N–C) groups is 1. The molecule has 2 aliphatic rings. The number of nitrogens with one attached hydrogen (secondary N) is 1. The fourth-order valence-corrected chi connectivity index (χ4v) is 4.37. The van der Waals surface area contributed by atoms with Crippen LogP contribution in [0.5, 0.6) is 0 Å². The molecule has 23 heavy (non-hydrogen) atoms. The minimum atomic E-state index is -3.46. The van der Waals surface area contributed by atoms with Crippen LogP contribution >= 0.6 is 0 Å². The highest BCUT2D eigenvalue weighted by atomic mass is 32.2. The Labute approximate surface area is 135 Å². The van der Waals surface area contributed by atoms with E-state index in [4.69, 9.17) is 0 Å². The molecule has 2 aliphatic heterocycles. The number of anilines is 1. The maximum Gasteiger partial charge on any atom is 0.263 e. The molecule has 1 saturated heterocycles. The molecule has 0 amide bonds. The Balaban J connectivity index is 1.59. The molecular formula is C17H17N3O2S. The highest BCUT2D eigenvalue weighted by molar-refractivity contribution is 7.90. The van der Waals surface area contributed by atoms with Crippen molar-refractivity contribution in [3.05, 3.63) is 60.2 Å². The van der Waals surface area contributed by atoms with Crippen LogP contribution in [0, 0.1) is 0 Å². The minimum absolute atomic E-state index is 0.0964. The van der Waals surface area contributed by atoms with E-state index in [0.29, 0.717) is 16.3 Å². The molecule has 0 saturated carbocycles. The maximum absolute atomic E-state index is 12.1. The second-order valence-electron chi connectivity index (χ2n) is 5.80. The van der Waals surface area contributed by atoms with Gasteiger partial charge in [-0.05, 0) is 30.7 Å². The van der Waals surface area contributed by atoms with Crippen LogP contribution in [-0.4, -0.2) is 33.4 Å². The van der Waals surface area contributed by atoms with Gasteiger partial charge in [0, 0.05) is 24.3 Å². The Kier molecular flexibility index (Phi) is 3.34. The van der Waals surface area contributed by atoms with Crippen molar-refractivity contribution in [1.29, 1.82) is 0 Å². The van der Waals surface area contributed by atoms with E-state index in [1.165, 1.54) is 5.69 Å². The monoisotopic (exact) mass is 327 g/mol. The fourth-order valence-electron chi connectivity index (χ4n) is 3.13. The minimum Gasteiger partial charge on any atom is -0.369 e. The molecule has 0 spiro atoms. The first-order chi connectivity index (χ1) is 11.1. The zero-order valence-corrected chi connectivity index (χ0v) is 13.3. The number of hydrogen-bond acceptors (Lipinski definition) is 4. The topological polar surface area (TPSA) is 61.8 Å². The fraction of sp³-hybridized carbons (Fsp3) is 0.235. The van der Waals surface area contributed by atoms with Gasteiger partial charge in [0.25, 0.3) is 10.0 Å². The van der Waals surface area contributed by atoms with Crippen molar-refractivity contribution in [2.24, 2.45) is 4.99 Å². The number of hydrogen-bond donors (Lipinski definition) is 1. The summed E-state index contributed by atoms with van der Waals surface area (Å²) >= 11 is 0. The van der Waals surface area contributed by atoms with Crippen LogP contribution in [0.4, 0.5) is 5.69 Å². The van der Waals surface area contributed by atoms with Crippen LogP contribution in [-0.2, 0) is 10.0 Å². The number of benzene rings is 2. The summed E-state index contributed by atoms with van der Waals surface area (Å²) in [4.78, 5) is 7.27. The van der Waals surface area contributed by atoms with Crippen molar-refractivity contribution in [2.75, 3.05) is 18.0 Å². The predicted molar refractivity (Wildman–Crippen MR) is 90.4 cm³/mol. The Morgan fingerprint density at radius 2 is 1.78 bits per heavy atom. The first-order valence-corrected chi connectivity index (χ1v) is 9.12. The molecule has 1 fully saturated rings. The summed E-state index contributed by atoms with van der Waals surface area (Å²) in [6.07, 6.45) is 0.919. The van der Waals surface area contributed by atoms with Crippen molar-refractivity contribution >= 4 is 21.5 Å². The number of amidine groups is 1. The molecule has 0 radical (unpaired) electrons. The summed E-state index contributed by atoms with van der Waals surface area (Å²) in [6.45, 7) is 1.73. The highest BCUT2D eigenvalue weighted by Gasteiger charge is 2.32. The van der Waals surface area contributed by atoms with E-state index in [2.05, 4.69) is 26.7 Å². The molecule has 0 unspecified atom stereocenters. The SMILES string of the molecule is O=S1(=O)NC(=N[C@H]2CCN(c3ccccc3)C2)c2ccccc21. The number of para-hydroxylation sites is 1. The van der Waals surface area contributed by atoms with E-state index >= 15 is 0 Å². The normalized spacial score (nSPS) is 23.7. The standard InChI is InChI=1S/C17H17N3O2S/c21-23(22)16-9-5-4-8-15(16)17(19-23)18-13-10-11-20(12-13)14-6-2-1-3-7-14/h1-9,13H,10-12H2,(H,18,19)/t13-/m0/s1. The third kappa shape index (κ3) is 2.59. The zero-order valence-electron chi connectivity index (χ0n) is 12.5. The first kappa shape index (κ1) is 14.3. The lowest BCUT2D eigenvalue weighted by Crippen LogP contribution is -2.25. The first-order valence-electron chi connectivity index (χ1n) is 7.63. The van der Waals surface area contributed by atoms with Crippen molar-refractivity contribution in [2.45, 2.75) is 17.4 Å². The zero-order chi connectivity index (χ0) is 15.9. The van der Waals surface area contributed by atoms with Gasteiger partial charge in [-0.3, -0.25) is 9.71 Å². The molecule has 5 nitrogen and oxygen atoms in total. The number of sulfonamides is 1. The van der Waals surface area contributed by atoms with Crippen LogP contribution < -0.4 is 9.62 Å². The molecule has 0 bridgehead atoms. The Hall–Kier alpha value is -2.34. The molecule has 1 atom stereocenters. The predicted octanol–water partition coefficient (Wildman–Crippen LogP) is 2.00. The van der Waals surface area contributed by atoms with Crippen molar-refractivity contribution < 1.29 is 8.42 Å². The van der Waals surface area contributed by atoms with Gasteiger partial charge in [-0.1, -0.05) is 30.3 Å². The summed E-state index contributed by atoms with van der Waals surface area (Å²) in [5.41, 5.74) is 1.85. The summed E-state index contributed by atoms with van der Waals surface area (Å²) in [5, 5.41) is 0. The lowest BCUT2D eigenvalue weighted by molar-refractivity contribution is 0.595. The summed E-state index contributed by atoms with van der Waals surface area (Å²) < 4.78 is 26.8. The van der Waals surface area contributed by atoms with Crippen molar-refractivity contribution in [3.8, 4) is 0 Å². The van der Waals surface area contributed by atoms with Gasteiger partial charge in [0.1, 0.15) is 5.84 Å². The third-order valence-corrected chi connectivity index (χ3v) is 5.66. The van der Waals surface area contributed by atoms with Gasteiger partial charge in [-0.2, -0.15) is 0 Å². The van der Waals surface area contributed by atoms with Crippen LogP contribution in [0.2, 0.25) is 0 Å². The quantitative estimate of drug-likeness (QED) is 0.918. The number of nitrogens with zero attached hydrogens (tertiary/aromatic N) is 2. The maximum atomic E-state index is 12.1. The Morgan fingerprint density at radius 3 is 2.61 bits per heavy atom. The van der Waals surface area contributed by atoms with Gasteiger partial charge >= 0.3 is 0 Å². The second-order valence-corrected chi connectivity index (χ2v) is 7.45. The van der Waals surface area contributed by atoms with E-state index in [1.807, 2.05) is 24.3 Å². The van der Waals surface area contributed by atoms with Crippen molar-refractivity contribution in [3.63, 3.8) is 0 Å². The van der Waals surface area contributed by atoms with Gasteiger partial charge in [0.05, 0.1) is 10.9 Å². The third-order valence-electron chi connectivity index (χ3n) is 4.26. The van der Waals surface area contributed by atoms with Crippen LogP contribution in [0.25, 0.3) is 0 Å². The average Bonchev–Trinajstić information content (AvgIpc) is 3.12. The van der Waals surface area contributed by atoms with Gasteiger partial charge in [0.2, 0.25) is 0 Å². The summed E-state index contributed by atoms with van der Waals surface area (Å²) in [6, 6.07) is 17.3. The summed E-state index contributed by atoms with van der Waals surface area (Å²) in [7, 11) is -3.46. The molecular weight excluding hydrogens is 310 g/mol. The largest absolute Gasteiger partial charge is 0.369 e. The Bertz CT molecular complexity index is 862. The lowest BCUT2D eigenvalue weighted by atomic mass is 10.2. The van der Waals surface area contributed by atoms with E-state index in [0.717, 1.165) is 19.5 Å². The second kappa shape index (κ2) is 5.38. The molecule has 6 heteroatoms. The number of fused-ring (bicyclic) bond motifs is 1. The molecule has 1 N–H and O–H groups in total. The molecule has 2 aromatic rings. The molecule has 2 heterocycles. The lowest BCUT2D eigenvalue weighted by Gasteiger charge is -2.17. The smallest absolute Gasteiger partial charge is 0.263 e. The van der Waals surface area contributed by atoms with E-state index in [9.17, 15) is 8.42 Å². The number of rotatable bonds is 2. The van der Waals surface area contributed by atoms with Gasteiger partial charge < -0.3 is 4.90 Å². The summed E-state index contributed by atoms with van der Waals surface area (Å²) in [5.74, 6) is 0.473. The van der Waals surface area contributed by atoms with E-state index in [1.54, 1.807) is 18.2 Å². The van der Waals surface area contributed by atoms with Crippen LogP contribution in [0.15, 0.2) is 64.5 Å². The van der Waals surface area contributed by atoms with Gasteiger partial charge in [-0.25, -0.2) is 8.42 Å². The van der Waals surface area contributed by atoms with Gasteiger partial charge in [0.15, 0.2) is 0 Å². The van der Waals surface area contributed by atoms with Crippen LogP contribution in [0.1, 0.15) is 12.0 Å². The average molecular weight is 327 g/mol. The van der Waals surface area contributed by atoms with Crippen molar-refractivity contribution in [1.82, 2.24) is 4.72 Å². The molecule has 4 rings (SSSR count). The van der Waals surface area contributed by atoms with Crippen LogP contribution in [0.3, 0.4) is 0 Å². The van der Waals surface area contributed by atoms with E-state index < -0.39 is 10.0 Å². The molecule has 2 aromatic carbocycles. The molecule has 118 valence electrons. The molecule has 0 aromatic heterocycles.